The number of nitrogens with zero attached hydrogens (tertiary/aromatic N) is 3. The quantitative estimate of drug-likeness (QED) is 0.492. The molecular weight excluding hydrogens is 174 g/mol. The van der Waals surface area contributed by atoms with Crippen LogP contribution in [0.4, 0.5) is 0 Å². The highest BCUT2D eigenvalue weighted by Gasteiger charge is 2.07. The van der Waals surface area contributed by atoms with Crippen molar-refractivity contribution in [2.75, 3.05) is 13.6 Å². The van der Waals surface area contributed by atoms with Crippen molar-refractivity contribution in [3.8, 4) is 0 Å². The van der Waals surface area contributed by atoms with E-state index in [0.717, 1.165) is 18.5 Å². The van der Waals surface area contributed by atoms with Crippen molar-refractivity contribution in [2.24, 2.45) is 10.1 Å². The van der Waals surface area contributed by atoms with Gasteiger partial charge in [-0.15, -0.1) is 0 Å². The maximum absolute atomic E-state index is 4.35. The minimum absolute atomic E-state index is 0.340. The van der Waals surface area contributed by atoms with Gasteiger partial charge in [-0.2, -0.15) is 5.10 Å². The van der Waals surface area contributed by atoms with Crippen LogP contribution in [-0.4, -0.2) is 37.1 Å². The van der Waals surface area contributed by atoms with Crippen LogP contribution in [0.2, 0.25) is 0 Å². The average molecular weight is 191 g/mol. The Morgan fingerprint density at radius 1 is 1.79 bits per heavy atom. The van der Waals surface area contributed by atoms with Crippen molar-refractivity contribution in [3.05, 3.63) is 24.3 Å². The molecule has 3 heteroatoms. The topological polar surface area (TPSA) is 28.0 Å². The highest BCUT2D eigenvalue weighted by Crippen LogP contribution is 2.05. The van der Waals surface area contributed by atoms with Gasteiger partial charge in [0, 0.05) is 19.5 Å². The van der Waals surface area contributed by atoms with Crippen LogP contribution in [0.5, 0.6) is 0 Å². The summed E-state index contributed by atoms with van der Waals surface area (Å²) in [6.45, 7) is 6.54. The maximum atomic E-state index is 4.35. The van der Waals surface area contributed by atoms with Crippen molar-refractivity contribution < 1.29 is 0 Å². The molecular formula is C11H17N3. The van der Waals surface area contributed by atoms with Crippen LogP contribution < -0.4 is 0 Å². The third-order valence-corrected chi connectivity index (χ3v) is 1.88. The highest BCUT2D eigenvalue weighted by molar-refractivity contribution is 5.76. The zero-order chi connectivity index (χ0) is 10.4. The van der Waals surface area contributed by atoms with E-state index in [2.05, 4.69) is 22.7 Å². The molecule has 1 unspecified atom stereocenters. The number of likely N-dealkylation sites (N-methyl/N-ethyl adjacent to an activating group) is 1. The first-order chi connectivity index (χ1) is 6.68. The second-order valence-corrected chi connectivity index (χ2v) is 3.55. The Labute approximate surface area is 85.5 Å². The van der Waals surface area contributed by atoms with E-state index >= 15 is 0 Å². The lowest BCUT2D eigenvalue weighted by Crippen LogP contribution is -2.24. The van der Waals surface area contributed by atoms with Gasteiger partial charge in [0.15, 0.2) is 0 Å². The third kappa shape index (κ3) is 4.03. The van der Waals surface area contributed by atoms with Gasteiger partial charge in [-0.1, -0.05) is 12.7 Å². The van der Waals surface area contributed by atoms with Gasteiger partial charge in [-0.25, -0.2) is 0 Å². The Balaban J connectivity index is 2.33. The second kappa shape index (κ2) is 5.37. The predicted octanol–water partition coefficient (Wildman–Crippen LogP) is 1.88. The molecule has 1 heterocycles. The van der Waals surface area contributed by atoms with E-state index in [0.29, 0.717) is 6.04 Å². The fourth-order valence-electron chi connectivity index (χ4n) is 1.20. The van der Waals surface area contributed by atoms with Crippen LogP contribution in [-0.2, 0) is 0 Å². The molecule has 0 saturated heterocycles. The lowest BCUT2D eigenvalue weighted by Gasteiger charge is -2.18. The van der Waals surface area contributed by atoms with E-state index in [1.807, 2.05) is 31.3 Å². The van der Waals surface area contributed by atoms with Gasteiger partial charge in [-0.3, -0.25) is 10.0 Å². The Bertz CT molecular complexity index is 276. The summed E-state index contributed by atoms with van der Waals surface area (Å²) in [4.78, 5) is 4.35. The molecule has 0 saturated carbocycles. The number of aliphatic imine (C=N–C) groups is 1. The Kier molecular flexibility index (Phi) is 4.11. The minimum atomic E-state index is 0.340. The average Bonchev–Trinajstić information content (AvgIpc) is 2.16. The Hall–Kier alpha value is -1.38. The van der Waals surface area contributed by atoms with E-state index in [1.165, 1.54) is 0 Å². The molecule has 0 amide bonds. The van der Waals surface area contributed by atoms with Gasteiger partial charge in [-0.05, 0) is 25.0 Å². The van der Waals surface area contributed by atoms with E-state index in [4.69, 9.17) is 0 Å². The first kappa shape index (κ1) is 10.7. The molecule has 76 valence electrons. The minimum Gasteiger partial charge on any atom is -0.298 e. The van der Waals surface area contributed by atoms with Crippen LogP contribution in [0.1, 0.15) is 13.3 Å². The van der Waals surface area contributed by atoms with Gasteiger partial charge < -0.3 is 0 Å². The summed E-state index contributed by atoms with van der Waals surface area (Å²) in [5, 5.41) is 6.13. The molecule has 14 heavy (non-hydrogen) atoms. The zero-order valence-corrected chi connectivity index (χ0v) is 8.85. The normalized spacial score (nSPS) is 20.3. The van der Waals surface area contributed by atoms with Crippen molar-refractivity contribution in [1.82, 2.24) is 5.01 Å². The number of hydrazone groups is 1. The van der Waals surface area contributed by atoms with Crippen molar-refractivity contribution in [1.29, 1.82) is 0 Å². The van der Waals surface area contributed by atoms with Crippen LogP contribution in [0.25, 0.3) is 0 Å². The number of allylic oxidation sites excluding steroid dienone is 2. The first-order valence-corrected chi connectivity index (χ1v) is 4.77. The predicted molar refractivity (Wildman–Crippen MR) is 62.0 cm³/mol. The van der Waals surface area contributed by atoms with Crippen LogP contribution in [0.3, 0.4) is 0 Å². The first-order valence-electron chi connectivity index (χ1n) is 4.77. The van der Waals surface area contributed by atoms with E-state index in [1.54, 1.807) is 6.21 Å². The Morgan fingerprint density at radius 3 is 3.14 bits per heavy atom. The molecule has 1 atom stereocenters. The van der Waals surface area contributed by atoms with Gasteiger partial charge >= 0.3 is 0 Å². The molecule has 0 fully saturated rings. The van der Waals surface area contributed by atoms with Crippen LogP contribution in [0, 0.1) is 0 Å². The molecule has 1 aliphatic rings. The summed E-state index contributed by atoms with van der Waals surface area (Å²) in [6, 6.07) is 0.340. The lowest BCUT2D eigenvalue weighted by molar-refractivity contribution is 0.329. The van der Waals surface area contributed by atoms with Gasteiger partial charge in [0.25, 0.3) is 0 Å². The van der Waals surface area contributed by atoms with Gasteiger partial charge in [0.2, 0.25) is 0 Å². The maximum Gasteiger partial charge on any atom is 0.0725 e. The Morgan fingerprint density at radius 2 is 2.57 bits per heavy atom. The summed E-state index contributed by atoms with van der Waals surface area (Å²) < 4.78 is 0. The number of rotatable bonds is 4. The summed E-state index contributed by atoms with van der Waals surface area (Å²) >= 11 is 0. The highest BCUT2D eigenvalue weighted by atomic mass is 15.4. The number of dihydropyridines is 1. The van der Waals surface area contributed by atoms with Gasteiger partial charge in [0.05, 0.1) is 12.6 Å². The fraction of sp³-hybridized carbons (Fsp3) is 0.455. The van der Waals surface area contributed by atoms with E-state index in [-0.39, 0.29) is 0 Å². The lowest BCUT2D eigenvalue weighted by atomic mass is 10.2. The summed E-state index contributed by atoms with van der Waals surface area (Å²) in [6.07, 6.45) is 8.73. The van der Waals surface area contributed by atoms with Crippen molar-refractivity contribution in [2.45, 2.75) is 19.4 Å². The summed E-state index contributed by atoms with van der Waals surface area (Å²) in [5.74, 6) is 0. The second-order valence-electron chi connectivity index (χ2n) is 3.55. The molecule has 3 nitrogen and oxygen atoms in total. The molecule has 0 aliphatic carbocycles. The van der Waals surface area contributed by atoms with Crippen LogP contribution in [0.15, 0.2) is 34.4 Å². The number of hydrogen-bond donors (Lipinski definition) is 0. The number of hydrogen-bond acceptors (Lipinski definition) is 3. The molecule has 0 bridgehead atoms. The molecule has 0 aromatic carbocycles. The largest absolute Gasteiger partial charge is 0.298 e. The molecule has 0 radical (unpaired) electrons. The standard InChI is InChI=1S/C11H17N3/c1-10(2)8-13-14(3)9-11-6-4-5-7-12-11/h4-5,7-8,11H,1,6,9H2,2-3H3. The molecule has 0 aromatic rings. The molecule has 1 aliphatic heterocycles. The van der Waals surface area contributed by atoms with E-state index < -0.39 is 0 Å². The summed E-state index contributed by atoms with van der Waals surface area (Å²) in [5.41, 5.74) is 0.962. The zero-order valence-electron chi connectivity index (χ0n) is 8.85. The molecule has 1 rings (SSSR count). The third-order valence-electron chi connectivity index (χ3n) is 1.88. The molecule has 0 spiro atoms. The SMILES string of the molecule is C=C(C)C=NN(C)CC1CC=CC=N1. The van der Waals surface area contributed by atoms with Crippen molar-refractivity contribution >= 4 is 12.4 Å². The monoisotopic (exact) mass is 191 g/mol. The molecule has 0 aromatic heterocycles. The molecule has 0 N–H and O–H groups in total. The van der Waals surface area contributed by atoms with Crippen molar-refractivity contribution in [3.63, 3.8) is 0 Å². The summed E-state index contributed by atoms with van der Waals surface area (Å²) in [7, 11) is 1.95. The van der Waals surface area contributed by atoms with Crippen LogP contribution >= 0.6 is 0 Å². The van der Waals surface area contributed by atoms with Gasteiger partial charge in [0.1, 0.15) is 0 Å². The fourth-order valence-corrected chi connectivity index (χ4v) is 1.20. The smallest absolute Gasteiger partial charge is 0.0725 e. The van der Waals surface area contributed by atoms with E-state index in [9.17, 15) is 0 Å².